The summed E-state index contributed by atoms with van der Waals surface area (Å²) in [6.45, 7) is 6.06. The number of piperazine rings is 2. The van der Waals surface area contributed by atoms with E-state index in [0.717, 1.165) is 37.6 Å². The number of carbonyl (C=O) groups is 2. The number of nitrogens with one attached hydrogen (secondary N) is 1. The lowest BCUT2D eigenvalue weighted by atomic mass is 10.1. The zero-order valence-electron chi connectivity index (χ0n) is 18.9. The van der Waals surface area contributed by atoms with Crippen LogP contribution in [0.15, 0.2) is 48.7 Å². The van der Waals surface area contributed by atoms with E-state index in [1.807, 2.05) is 24.3 Å². The molecule has 2 aliphatic heterocycles. The maximum atomic E-state index is 13.3. The van der Waals surface area contributed by atoms with Crippen molar-refractivity contribution in [3.8, 4) is 0 Å². The second-order valence-corrected chi connectivity index (χ2v) is 8.53. The summed E-state index contributed by atoms with van der Waals surface area (Å²) in [6.07, 6.45) is 1.71. The lowest BCUT2D eigenvalue weighted by molar-refractivity contribution is -0.128. The van der Waals surface area contributed by atoms with Crippen molar-refractivity contribution in [2.75, 3.05) is 64.8 Å². The summed E-state index contributed by atoms with van der Waals surface area (Å²) in [5.41, 5.74) is 1.79. The van der Waals surface area contributed by atoms with Crippen LogP contribution in [-0.4, -0.2) is 97.4 Å². The SMILES string of the molecule is CNC(=O)[C@@H]1CN(C(=O)c2ccnc(N3CCN(C)CC3)c2)CCN1Cc1ccccc1. The quantitative estimate of drug-likeness (QED) is 0.751. The van der Waals surface area contributed by atoms with Crippen LogP contribution in [0.2, 0.25) is 0 Å². The number of carbonyl (C=O) groups excluding carboxylic acids is 2. The van der Waals surface area contributed by atoms with Crippen LogP contribution < -0.4 is 10.2 Å². The Bertz CT molecular complexity index is 929. The number of pyridine rings is 1. The molecule has 2 amide bonds. The second-order valence-electron chi connectivity index (χ2n) is 8.53. The summed E-state index contributed by atoms with van der Waals surface area (Å²) in [7, 11) is 3.76. The normalized spacial score (nSPS) is 20.2. The van der Waals surface area contributed by atoms with Gasteiger partial charge in [0.2, 0.25) is 5.91 Å². The lowest BCUT2D eigenvalue weighted by Gasteiger charge is -2.40. The smallest absolute Gasteiger partial charge is 0.254 e. The summed E-state index contributed by atoms with van der Waals surface area (Å²) in [4.78, 5) is 38.9. The number of likely N-dealkylation sites (N-methyl/N-ethyl adjacent to an activating group) is 2. The summed E-state index contributed by atoms with van der Waals surface area (Å²) in [5, 5.41) is 2.77. The van der Waals surface area contributed by atoms with Gasteiger partial charge < -0.3 is 20.0 Å². The van der Waals surface area contributed by atoms with E-state index in [1.54, 1.807) is 24.2 Å². The maximum absolute atomic E-state index is 13.3. The summed E-state index contributed by atoms with van der Waals surface area (Å²) < 4.78 is 0. The van der Waals surface area contributed by atoms with Crippen LogP contribution in [0.25, 0.3) is 0 Å². The fourth-order valence-corrected chi connectivity index (χ4v) is 4.37. The minimum Gasteiger partial charge on any atom is -0.358 e. The van der Waals surface area contributed by atoms with E-state index in [4.69, 9.17) is 0 Å². The summed E-state index contributed by atoms with van der Waals surface area (Å²) >= 11 is 0. The average molecular weight is 437 g/mol. The highest BCUT2D eigenvalue weighted by atomic mass is 16.2. The van der Waals surface area contributed by atoms with Crippen LogP contribution in [0.5, 0.6) is 0 Å². The van der Waals surface area contributed by atoms with E-state index in [1.165, 1.54) is 0 Å². The molecule has 0 spiro atoms. The Labute approximate surface area is 189 Å². The van der Waals surface area contributed by atoms with Gasteiger partial charge in [-0.15, -0.1) is 0 Å². The van der Waals surface area contributed by atoms with Gasteiger partial charge in [-0.1, -0.05) is 30.3 Å². The zero-order chi connectivity index (χ0) is 22.5. The number of rotatable bonds is 5. The molecule has 170 valence electrons. The van der Waals surface area contributed by atoms with E-state index in [0.29, 0.717) is 31.7 Å². The Morgan fingerprint density at radius 1 is 1.03 bits per heavy atom. The molecule has 1 aromatic heterocycles. The van der Waals surface area contributed by atoms with Gasteiger partial charge >= 0.3 is 0 Å². The summed E-state index contributed by atoms with van der Waals surface area (Å²) in [5.74, 6) is 0.733. The van der Waals surface area contributed by atoms with E-state index in [9.17, 15) is 9.59 Å². The van der Waals surface area contributed by atoms with Crippen molar-refractivity contribution in [1.29, 1.82) is 0 Å². The Morgan fingerprint density at radius 3 is 2.50 bits per heavy atom. The number of nitrogens with zero attached hydrogens (tertiary/aromatic N) is 5. The minimum absolute atomic E-state index is 0.0453. The van der Waals surface area contributed by atoms with Gasteiger partial charge in [0, 0.05) is 71.2 Å². The number of hydrogen-bond acceptors (Lipinski definition) is 6. The van der Waals surface area contributed by atoms with Gasteiger partial charge in [-0.05, 0) is 24.7 Å². The van der Waals surface area contributed by atoms with Gasteiger partial charge in [0.15, 0.2) is 0 Å². The molecule has 0 bridgehead atoms. The molecule has 2 aromatic rings. The fourth-order valence-electron chi connectivity index (χ4n) is 4.37. The first-order chi connectivity index (χ1) is 15.5. The molecule has 0 radical (unpaired) electrons. The monoisotopic (exact) mass is 436 g/mol. The van der Waals surface area contributed by atoms with Crippen LogP contribution in [0, 0.1) is 0 Å². The van der Waals surface area contributed by atoms with Gasteiger partial charge in [0.25, 0.3) is 5.91 Å². The Morgan fingerprint density at radius 2 is 1.78 bits per heavy atom. The molecule has 2 saturated heterocycles. The van der Waals surface area contributed by atoms with Gasteiger partial charge in [0.1, 0.15) is 11.9 Å². The van der Waals surface area contributed by atoms with E-state index in [-0.39, 0.29) is 17.9 Å². The first-order valence-electron chi connectivity index (χ1n) is 11.2. The molecule has 1 N–H and O–H groups in total. The van der Waals surface area contributed by atoms with Crippen LogP contribution in [0.1, 0.15) is 15.9 Å². The van der Waals surface area contributed by atoms with Crippen molar-refractivity contribution < 1.29 is 9.59 Å². The Balaban J connectivity index is 1.46. The molecule has 1 aromatic carbocycles. The third-order valence-corrected chi connectivity index (χ3v) is 6.38. The molecule has 8 heteroatoms. The van der Waals surface area contributed by atoms with Crippen molar-refractivity contribution in [1.82, 2.24) is 25.0 Å². The van der Waals surface area contributed by atoms with Crippen molar-refractivity contribution in [3.05, 3.63) is 59.8 Å². The highest BCUT2D eigenvalue weighted by Crippen LogP contribution is 2.19. The number of aromatic nitrogens is 1. The molecule has 1 atom stereocenters. The lowest BCUT2D eigenvalue weighted by Crippen LogP contribution is -2.59. The molecule has 3 heterocycles. The molecule has 32 heavy (non-hydrogen) atoms. The predicted octanol–water partition coefficient (Wildman–Crippen LogP) is 0.906. The Hall–Kier alpha value is -2.97. The molecule has 0 saturated carbocycles. The topological polar surface area (TPSA) is 72.0 Å². The second kappa shape index (κ2) is 10.1. The van der Waals surface area contributed by atoms with Crippen LogP contribution in [-0.2, 0) is 11.3 Å². The van der Waals surface area contributed by atoms with Crippen LogP contribution >= 0.6 is 0 Å². The standard InChI is InChI=1S/C24H32N6O2/c1-25-23(31)21-18-30(15-14-29(21)17-19-6-4-3-5-7-19)24(32)20-8-9-26-22(16-20)28-12-10-27(2)11-13-28/h3-9,16,21H,10-15,17-18H2,1-2H3,(H,25,31)/t21-/m0/s1. The third kappa shape index (κ3) is 5.08. The molecule has 4 rings (SSSR count). The van der Waals surface area contributed by atoms with Crippen LogP contribution in [0.4, 0.5) is 5.82 Å². The first-order valence-corrected chi connectivity index (χ1v) is 11.2. The number of anilines is 1. The molecule has 0 unspecified atom stereocenters. The molecule has 8 nitrogen and oxygen atoms in total. The molecule has 2 fully saturated rings. The molecular formula is C24H32N6O2. The molecule has 0 aliphatic carbocycles. The molecule has 2 aliphatic rings. The summed E-state index contributed by atoms with van der Waals surface area (Å²) in [6, 6.07) is 13.4. The molecular weight excluding hydrogens is 404 g/mol. The van der Waals surface area contributed by atoms with Gasteiger partial charge in [-0.25, -0.2) is 4.98 Å². The largest absolute Gasteiger partial charge is 0.358 e. The predicted molar refractivity (Wildman–Crippen MR) is 125 cm³/mol. The van der Waals surface area contributed by atoms with E-state index >= 15 is 0 Å². The van der Waals surface area contributed by atoms with E-state index in [2.05, 4.69) is 44.2 Å². The highest BCUT2D eigenvalue weighted by Gasteiger charge is 2.34. The number of hydrogen-bond donors (Lipinski definition) is 1. The zero-order valence-corrected chi connectivity index (χ0v) is 18.9. The first kappa shape index (κ1) is 22.2. The Kier molecular flexibility index (Phi) is 7.02. The third-order valence-electron chi connectivity index (χ3n) is 6.38. The minimum atomic E-state index is -0.378. The number of amides is 2. The fraction of sp³-hybridized carbons (Fsp3) is 0.458. The van der Waals surface area contributed by atoms with Gasteiger partial charge in [0.05, 0.1) is 0 Å². The van der Waals surface area contributed by atoms with Gasteiger partial charge in [-0.2, -0.15) is 0 Å². The van der Waals surface area contributed by atoms with Gasteiger partial charge in [-0.3, -0.25) is 14.5 Å². The van der Waals surface area contributed by atoms with Crippen LogP contribution in [0.3, 0.4) is 0 Å². The maximum Gasteiger partial charge on any atom is 0.254 e. The van der Waals surface area contributed by atoms with E-state index < -0.39 is 0 Å². The average Bonchev–Trinajstić information content (AvgIpc) is 2.84. The van der Waals surface area contributed by atoms with Crippen molar-refractivity contribution in [2.45, 2.75) is 12.6 Å². The highest BCUT2D eigenvalue weighted by molar-refractivity contribution is 5.95. The van der Waals surface area contributed by atoms with Crippen molar-refractivity contribution in [3.63, 3.8) is 0 Å². The van der Waals surface area contributed by atoms with Crippen molar-refractivity contribution in [2.24, 2.45) is 0 Å². The van der Waals surface area contributed by atoms with Crippen molar-refractivity contribution >= 4 is 17.6 Å². The number of benzene rings is 1.